The summed E-state index contributed by atoms with van der Waals surface area (Å²) in [5.74, 6) is 0.822. The number of halogens is 1. The van der Waals surface area contributed by atoms with Crippen LogP contribution in [0.5, 0.6) is 5.75 Å². The van der Waals surface area contributed by atoms with Gasteiger partial charge in [0.2, 0.25) is 5.13 Å². The molecule has 1 N–H and O–H groups in total. The van der Waals surface area contributed by atoms with Crippen LogP contribution in [0, 0.1) is 0 Å². The fourth-order valence-corrected chi connectivity index (χ4v) is 2.72. The van der Waals surface area contributed by atoms with E-state index in [0.29, 0.717) is 5.02 Å². The van der Waals surface area contributed by atoms with Gasteiger partial charge in [-0.1, -0.05) is 23.7 Å². The van der Waals surface area contributed by atoms with Gasteiger partial charge in [-0.05, 0) is 42.0 Å². The Hall–Kier alpha value is -2.37. The highest BCUT2D eigenvalue weighted by atomic mass is 35.5. The highest BCUT2D eigenvalue weighted by molar-refractivity contribution is 7.14. The van der Waals surface area contributed by atoms with E-state index < -0.39 is 0 Å². The first kappa shape index (κ1) is 15.5. The Morgan fingerprint density at radius 2 is 1.87 bits per heavy atom. The molecule has 0 aliphatic carbocycles. The fraction of sp³-hybridized carbons (Fsp3) is 0.0588. The van der Waals surface area contributed by atoms with Gasteiger partial charge in [-0.25, -0.2) is 4.98 Å². The molecule has 3 rings (SSSR count). The summed E-state index contributed by atoms with van der Waals surface area (Å²) in [4.78, 5) is 4.50. The van der Waals surface area contributed by atoms with E-state index in [0.717, 1.165) is 27.7 Å². The monoisotopic (exact) mass is 343 g/mol. The number of hydrogen-bond donors (Lipinski definition) is 1. The summed E-state index contributed by atoms with van der Waals surface area (Å²) in [5, 5.41) is 7.63. The molecule has 3 aromatic rings. The van der Waals surface area contributed by atoms with Crippen LogP contribution in [0.3, 0.4) is 0 Å². The lowest BCUT2D eigenvalue weighted by Crippen LogP contribution is -1.90. The molecule has 4 nitrogen and oxygen atoms in total. The second-order valence-corrected chi connectivity index (χ2v) is 5.98. The second kappa shape index (κ2) is 7.26. The molecule has 1 heterocycles. The normalized spacial score (nSPS) is 10.9. The number of rotatable bonds is 5. The third kappa shape index (κ3) is 4.09. The first-order chi connectivity index (χ1) is 11.2. The van der Waals surface area contributed by atoms with Crippen molar-refractivity contribution in [1.29, 1.82) is 0 Å². The van der Waals surface area contributed by atoms with E-state index >= 15 is 0 Å². The van der Waals surface area contributed by atoms with Gasteiger partial charge in [0.15, 0.2) is 0 Å². The lowest BCUT2D eigenvalue weighted by molar-refractivity contribution is 0.415. The van der Waals surface area contributed by atoms with Crippen molar-refractivity contribution in [2.45, 2.75) is 0 Å². The molecule has 0 fully saturated rings. The maximum absolute atomic E-state index is 5.89. The molecular weight excluding hydrogens is 330 g/mol. The Kier molecular flexibility index (Phi) is 4.90. The van der Waals surface area contributed by atoms with Gasteiger partial charge in [-0.3, -0.25) is 5.43 Å². The minimum atomic E-state index is 0.714. The Bertz CT molecular complexity index is 797. The number of anilines is 1. The van der Waals surface area contributed by atoms with Gasteiger partial charge in [0.1, 0.15) is 5.75 Å². The molecular formula is C17H14ClN3OS. The zero-order chi connectivity index (χ0) is 16.1. The number of methoxy groups -OCH3 is 1. The summed E-state index contributed by atoms with van der Waals surface area (Å²) in [5.41, 5.74) is 5.85. The molecule has 23 heavy (non-hydrogen) atoms. The predicted octanol–water partition coefficient (Wildman–Crippen LogP) is 4.92. The van der Waals surface area contributed by atoms with E-state index in [-0.39, 0.29) is 0 Å². The fourth-order valence-electron chi connectivity index (χ4n) is 1.93. The Labute approximate surface area is 143 Å². The minimum Gasteiger partial charge on any atom is -0.497 e. The maximum atomic E-state index is 5.89. The highest BCUT2D eigenvalue weighted by Gasteiger charge is 2.03. The molecule has 6 heteroatoms. The molecule has 0 aliphatic rings. The SMILES string of the molecule is COc1ccc(C=NNc2nc(-c3ccc(Cl)cc3)cs2)cc1. The van der Waals surface area contributed by atoms with Gasteiger partial charge in [-0.2, -0.15) is 5.10 Å². The first-order valence-corrected chi connectivity index (χ1v) is 8.15. The molecule has 2 aromatic carbocycles. The summed E-state index contributed by atoms with van der Waals surface area (Å²) in [6, 6.07) is 15.3. The molecule has 0 aliphatic heterocycles. The van der Waals surface area contributed by atoms with E-state index in [1.807, 2.05) is 53.9 Å². The topological polar surface area (TPSA) is 46.5 Å². The van der Waals surface area contributed by atoms with E-state index in [2.05, 4.69) is 15.5 Å². The number of hydrazone groups is 1. The number of nitrogens with zero attached hydrogens (tertiary/aromatic N) is 2. The van der Waals surface area contributed by atoms with Gasteiger partial charge < -0.3 is 4.74 Å². The average molecular weight is 344 g/mol. The summed E-state index contributed by atoms with van der Waals surface area (Å²) >= 11 is 7.39. The van der Waals surface area contributed by atoms with Crippen molar-refractivity contribution >= 4 is 34.3 Å². The van der Waals surface area contributed by atoms with Crippen LogP contribution in [0.4, 0.5) is 5.13 Å². The zero-order valence-electron chi connectivity index (χ0n) is 12.4. The van der Waals surface area contributed by atoms with Gasteiger partial charge in [0.25, 0.3) is 0 Å². The van der Waals surface area contributed by atoms with Crippen LogP contribution < -0.4 is 10.2 Å². The molecule has 0 saturated heterocycles. The summed E-state index contributed by atoms with van der Waals surface area (Å²) in [6.07, 6.45) is 1.74. The summed E-state index contributed by atoms with van der Waals surface area (Å²) in [7, 11) is 1.64. The molecule has 116 valence electrons. The largest absolute Gasteiger partial charge is 0.497 e. The van der Waals surface area contributed by atoms with E-state index in [9.17, 15) is 0 Å². The second-order valence-electron chi connectivity index (χ2n) is 4.69. The molecule has 0 saturated carbocycles. The predicted molar refractivity (Wildman–Crippen MR) is 96.8 cm³/mol. The molecule has 0 bridgehead atoms. The van der Waals surface area contributed by atoms with Crippen molar-refractivity contribution in [2.75, 3.05) is 12.5 Å². The lowest BCUT2D eigenvalue weighted by Gasteiger charge is -1.99. The van der Waals surface area contributed by atoms with Gasteiger partial charge >= 0.3 is 0 Å². The smallest absolute Gasteiger partial charge is 0.203 e. The van der Waals surface area contributed by atoms with Crippen LogP contribution in [0.25, 0.3) is 11.3 Å². The van der Waals surface area contributed by atoms with E-state index in [1.54, 1.807) is 13.3 Å². The molecule has 0 radical (unpaired) electrons. The Balaban J connectivity index is 1.64. The van der Waals surface area contributed by atoms with Gasteiger partial charge in [0, 0.05) is 16.0 Å². The number of nitrogens with one attached hydrogen (secondary N) is 1. The molecule has 0 atom stereocenters. The van der Waals surface area contributed by atoms with Crippen molar-refractivity contribution in [3.05, 3.63) is 64.5 Å². The van der Waals surface area contributed by atoms with Crippen molar-refractivity contribution < 1.29 is 4.74 Å². The number of hydrogen-bond acceptors (Lipinski definition) is 5. The van der Waals surface area contributed by atoms with Crippen molar-refractivity contribution in [3.8, 4) is 17.0 Å². The van der Waals surface area contributed by atoms with Crippen LogP contribution in [0.1, 0.15) is 5.56 Å². The van der Waals surface area contributed by atoms with Crippen LogP contribution in [0.15, 0.2) is 59.0 Å². The average Bonchev–Trinajstić information content (AvgIpc) is 3.05. The third-order valence-corrected chi connectivity index (χ3v) is 4.13. The Morgan fingerprint density at radius 1 is 1.13 bits per heavy atom. The van der Waals surface area contributed by atoms with Crippen molar-refractivity contribution in [3.63, 3.8) is 0 Å². The van der Waals surface area contributed by atoms with E-state index in [4.69, 9.17) is 16.3 Å². The van der Waals surface area contributed by atoms with Gasteiger partial charge in [-0.15, -0.1) is 11.3 Å². The van der Waals surface area contributed by atoms with Crippen LogP contribution in [0.2, 0.25) is 5.02 Å². The Morgan fingerprint density at radius 3 is 2.57 bits per heavy atom. The van der Waals surface area contributed by atoms with Crippen molar-refractivity contribution in [1.82, 2.24) is 4.98 Å². The molecule has 0 amide bonds. The summed E-state index contributed by atoms with van der Waals surface area (Å²) in [6.45, 7) is 0. The molecule has 0 spiro atoms. The lowest BCUT2D eigenvalue weighted by atomic mass is 10.2. The number of ether oxygens (including phenoxy) is 1. The molecule has 0 unspecified atom stereocenters. The number of aromatic nitrogens is 1. The zero-order valence-corrected chi connectivity index (χ0v) is 13.9. The maximum Gasteiger partial charge on any atom is 0.203 e. The van der Waals surface area contributed by atoms with E-state index in [1.165, 1.54) is 11.3 Å². The minimum absolute atomic E-state index is 0.714. The van der Waals surface area contributed by atoms with Crippen LogP contribution >= 0.6 is 22.9 Å². The van der Waals surface area contributed by atoms with Crippen LogP contribution in [-0.2, 0) is 0 Å². The highest BCUT2D eigenvalue weighted by Crippen LogP contribution is 2.25. The number of benzene rings is 2. The first-order valence-electron chi connectivity index (χ1n) is 6.89. The van der Waals surface area contributed by atoms with Gasteiger partial charge in [0.05, 0.1) is 19.0 Å². The number of thiazole rings is 1. The quantitative estimate of drug-likeness (QED) is 0.528. The third-order valence-electron chi connectivity index (χ3n) is 3.13. The molecule has 1 aromatic heterocycles. The van der Waals surface area contributed by atoms with Crippen LogP contribution in [-0.4, -0.2) is 18.3 Å². The summed E-state index contributed by atoms with van der Waals surface area (Å²) < 4.78 is 5.12. The standard InChI is InChI=1S/C17H14ClN3OS/c1-22-15-8-2-12(3-9-15)10-19-21-17-20-16(11-23-17)13-4-6-14(18)7-5-13/h2-11H,1H3,(H,20,21). The van der Waals surface area contributed by atoms with Crippen molar-refractivity contribution in [2.24, 2.45) is 5.10 Å².